The van der Waals surface area contributed by atoms with Crippen LogP contribution in [-0.4, -0.2) is 154 Å². The normalized spacial score (nSPS) is 16.0. The Balaban J connectivity index is 0.847. The Morgan fingerprint density at radius 1 is 0.784 bits per heavy atom. The molecular weight excluding hydrogens is 969 g/mol. The third kappa shape index (κ3) is 13.7. The quantitative estimate of drug-likeness (QED) is 0.0264. The summed E-state index contributed by atoms with van der Waals surface area (Å²) in [6.45, 7) is 6.24. The van der Waals surface area contributed by atoms with Crippen LogP contribution in [0.25, 0.3) is 22.3 Å². The zero-order valence-corrected chi connectivity index (χ0v) is 41.8. The molecule has 3 aromatic rings. The molecule has 24 nitrogen and oxygen atoms in total. The van der Waals surface area contributed by atoms with Crippen molar-refractivity contribution in [1.29, 1.82) is 0 Å². The number of nitrogens with one attached hydrogen (secondary N) is 4. The first-order valence-corrected chi connectivity index (χ1v) is 24.7. The first-order chi connectivity index (χ1) is 35.8. The lowest BCUT2D eigenvalue weighted by atomic mass is 9.98. The fourth-order valence-corrected chi connectivity index (χ4v) is 8.76. The van der Waals surface area contributed by atoms with E-state index in [1.54, 1.807) is 36.6 Å². The summed E-state index contributed by atoms with van der Waals surface area (Å²) in [5, 5.41) is 12.0. The Labute approximate surface area is 426 Å². The van der Waals surface area contributed by atoms with Crippen LogP contribution in [0.5, 0.6) is 11.5 Å². The van der Waals surface area contributed by atoms with Crippen LogP contribution in [0, 0.1) is 5.92 Å². The minimum Gasteiger partial charge on any atom is -0.458 e. The summed E-state index contributed by atoms with van der Waals surface area (Å²) in [4.78, 5) is 109. The molecular formula is C50H64N8O16. The van der Waals surface area contributed by atoms with E-state index < -0.39 is 53.7 Å². The molecule has 3 atom stereocenters. The standard InChI is InChI=1S/C50H64N8O16/c1-29(2)44(56-41(60)10-14-68-16-18-70-20-21-71-19-17-69-15-12-52-40(59)9-13-57-42(61)7-8-43(57)62)48(64)55-35(6-4-5-11-51)47(63)53-25-32-30-23-38-39(74-28-73-38)24-36(30)54-45-33(32)26-58-37(45)22-31-34(49(58)65)27-72-50(66)46(31)67-3/h7-8,22-24,29,35,44,46H,4-6,9-21,25-28,51H2,1-3H3,(H,52,59)(H,53,63)(H,55,64)(H,56,60)/t35-,44-,46-/m0/s1. The lowest BCUT2D eigenvalue weighted by Gasteiger charge is -2.25. The van der Waals surface area contributed by atoms with E-state index in [2.05, 4.69) is 21.3 Å². The number of benzene rings is 1. The van der Waals surface area contributed by atoms with Crippen LogP contribution < -0.4 is 42.0 Å². The van der Waals surface area contributed by atoms with Gasteiger partial charge in [0.05, 0.1) is 81.9 Å². The summed E-state index contributed by atoms with van der Waals surface area (Å²) in [6.07, 6.45) is 2.65. The molecule has 6 amide bonds. The second kappa shape index (κ2) is 26.4. The molecule has 2 aromatic heterocycles. The number of carbonyl (C=O) groups is 7. The number of ether oxygens (including phenoxy) is 8. The van der Waals surface area contributed by atoms with E-state index in [4.69, 9.17) is 48.6 Å². The fourth-order valence-electron chi connectivity index (χ4n) is 8.76. The van der Waals surface area contributed by atoms with Crippen molar-refractivity contribution in [1.82, 2.24) is 35.7 Å². The SMILES string of the molecule is CO[C@@H]1C(=O)OCc2c1cc1n(c2=O)Cc2c-1nc1cc3c(cc1c2CNC(=O)[C@H](CCCCN)NC(=O)[C@@H](NC(=O)CCOCCOCCOCCOCCNC(=O)CCN1C(=O)C=CC1=O)C(C)C)OCO3. The Hall–Kier alpha value is -6.83. The van der Waals surface area contributed by atoms with Crippen LogP contribution in [-0.2, 0) is 81.7 Å². The Morgan fingerprint density at radius 3 is 2.14 bits per heavy atom. The smallest absolute Gasteiger partial charge is 0.340 e. The molecule has 0 spiro atoms. The van der Waals surface area contributed by atoms with Crippen molar-refractivity contribution >= 4 is 52.3 Å². The van der Waals surface area contributed by atoms with Gasteiger partial charge < -0.3 is 69.5 Å². The molecule has 0 radical (unpaired) electrons. The average molecular weight is 1030 g/mol. The zero-order valence-electron chi connectivity index (χ0n) is 41.8. The summed E-state index contributed by atoms with van der Waals surface area (Å²) >= 11 is 0. The minimum atomic E-state index is -1.08. The van der Waals surface area contributed by atoms with Crippen molar-refractivity contribution in [2.75, 3.05) is 86.4 Å². The number of methoxy groups -OCH3 is 1. The number of esters is 1. The zero-order chi connectivity index (χ0) is 52.7. The van der Waals surface area contributed by atoms with Gasteiger partial charge in [-0.2, -0.15) is 0 Å². The number of pyridine rings is 2. The Morgan fingerprint density at radius 2 is 1.46 bits per heavy atom. The third-order valence-corrected chi connectivity index (χ3v) is 12.7. The van der Waals surface area contributed by atoms with Gasteiger partial charge in [0.1, 0.15) is 18.7 Å². The largest absolute Gasteiger partial charge is 0.458 e. The van der Waals surface area contributed by atoms with Gasteiger partial charge in [0.15, 0.2) is 17.6 Å². The fraction of sp³-hybridized carbons (Fsp3) is 0.540. The lowest BCUT2D eigenvalue weighted by Crippen LogP contribution is -2.55. The van der Waals surface area contributed by atoms with Gasteiger partial charge in [-0.05, 0) is 49.4 Å². The van der Waals surface area contributed by atoms with E-state index in [0.29, 0.717) is 102 Å². The van der Waals surface area contributed by atoms with Gasteiger partial charge in [-0.1, -0.05) is 13.8 Å². The number of unbranched alkanes of at least 4 members (excludes halogenated alkanes) is 1. The summed E-state index contributed by atoms with van der Waals surface area (Å²) in [5.41, 5.74) is 8.99. The van der Waals surface area contributed by atoms with E-state index in [1.165, 1.54) is 19.3 Å². The molecule has 6 N–H and O–H groups in total. The molecule has 0 unspecified atom stereocenters. The summed E-state index contributed by atoms with van der Waals surface area (Å²) in [7, 11) is 1.37. The number of imide groups is 1. The van der Waals surface area contributed by atoms with Gasteiger partial charge in [-0.25, -0.2) is 9.78 Å². The molecule has 74 heavy (non-hydrogen) atoms. The van der Waals surface area contributed by atoms with E-state index in [1.807, 2.05) is 0 Å². The number of amides is 6. The number of cyclic esters (lactones) is 1. The summed E-state index contributed by atoms with van der Waals surface area (Å²) in [5.74, 6) is -2.53. The van der Waals surface area contributed by atoms with Crippen LogP contribution in [0.3, 0.4) is 0 Å². The maximum Gasteiger partial charge on any atom is 0.340 e. The Kier molecular flexibility index (Phi) is 19.6. The number of hydrogen-bond acceptors (Lipinski definition) is 18. The van der Waals surface area contributed by atoms with Crippen LogP contribution in [0.15, 0.2) is 35.1 Å². The van der Waals surface area contributed by atoms with E-state index in [-0.39, 0.29) is 103 Å². The maximum atomic E-state index is 14.2. The van der Waals surface area contributed by atoms with Crippen molar-refractivity contribution in [3.8, 4) is 22.9 Å². The summed E-state index contributed by atoms with van der Waals surface area (Å²) < 4.78 is 45.6. The number of carbonyl (C=O) groups excluding carboxylic acids is 7. The van der Waals surface area contributed by atoms with Crippen molar-refractivity contribution in [2.45, 2.75) is 83.8 Å². The van der Waals surface area contributed by atoms with E-state index >= 15 is 0 Å². The molecule has 7 rings (SSSR count). The maximum absolute atomic E-state index is 14.2. The van der Waals surface area contributed by atoms with Crippen molar-refractivity contribution in [3.63, 3.8) is 0 Å². The summed E-state index contributed by atoms with van der Waals surface area (Å²) in [6, 6.07) is 3.30. The monoisotopic (exact) mass is 1030 g/mol. The highest BCUT2D eigenvalue weighted by Gasteiger charge is 2.37. The number of aromatic nitrogens is 2. The molecule has 24 heteroatoms. The van der Waals surface area contributed by atoms with E-state index in [0.717, 1.165) is 4.90 Å². The van der Waals surface area contributed by atoms with Crippen molar-refractivity contribution < 1.29 is 71.5 Å². The highest BCUT2D eigenvalue weighted by atomic mass is 16.7. The van der Waals surface area contributed by atoms with Crippen LogP contribution in [0.1, 0.15) is 74.3 Å². The van der Waals surface area contributed by atoms with Crippen LogP contribution >= 0.6 is 0 Å². The first kappa shape index (κ1) is 54.9. The van der Waals surface area contributed by atoms with Crippen LogP contribution in [0.4, 0.5) is 0 Å². The van der Waals surface area contributed by atoms with E-state index in [9.17, 15) is 38.4 Å². The molecule has 0 saturated heterocycles. The molecule has 0 saturated carbocycles. The molecule has 4 aliphatic heterocycles. The third-order valence-electron chi connectivity index (χ3n) is 12.7. The Bertz CT molecular complexity index is 2650. The molecule has 0 bridgehead atoms. The van der Waals surface area contributed by atoms with Gasteiger partial charge in [-0.15, -0.1) is 0 Å². The van der Waals surface area contributed by atoms with Crippen molar-refractivity contribution in [3.05, 3.63) is 63.0 Å². The van der Waals surface area contributed by atoms with Gasteiger partial charge in [0, 0.05) is 74.3 Å². The molecule has 6 heterocycles. The molecule has 1 aromatic carbocycles. The number of rotatable bonds is 30. The predicted molar refractivity (Wildman–Crippen MR) is 261 cm³/mol. The van der Waals surface area contributed by atoms with Gasteiger partial charge in [0.25, 0.3) is 17.4 Å². The molecule has 0 fully saturated rings. The van der Waals surface area contributed by atoms with Gasteiger partial charge >= 0.3 is 5.97 Å². The minimum absolute atomic E-state index is 0.00580. The van der Waals surface area contributed by atoms with Gasteiger partial charge in [-0.3, -0.25) is 38.5 Å². The number of hydrogen-bond donors (Lipinski definition) is 5. The topological polar surface area (TPSA) is 306 Å². The second-order valence-corrected chi connectivity index (χ2v) is 18.0. The highest BCUT2D eigenvalue weighted by molar-refractivity contribution is 6.13. The number of fused-ring (bicyclic) bond motifs is 6. The van der Waals surface area contributed by atoms with Crippen molar-refractivity contribution in [2.24, 2.45) is 11.7 Å². The van der Waals surface area contributed by atoms with Gasteiger partial charge in [0.2, 0.25) is 30.4 Å². The molecule has 0 aliphatic carbocycles. The second-order valence-electron chi connectivity index (χ2n) is 18.0. The first-order valence-electron chi connectivity index (χ1n) is 24.7. The number of nitrogens with two attached hydrogens (primary N) is 1. The predicted octanol–water partition coefficient (Wildman–Crippen LogP) is 0.157. The average Bonchev–Trinajstić information content (AvgIpc) is 4.10. The molecule has 400 valence electrons. The lowest BCUT2D eigenvalue weighted by molar-refractivity contribution is -0.159. The van der Waals surface area contributed by atoms with Crippen LogP contribution in [0.2, 0.25) is 0 Å². The molecule has 4 aliphatic rings. The number of nitrogens with zero attached hydrogens (tertiary/aromatic N) is 3. The highest BCUT2D eigenvalue weighted by Crippen LogP contribution is 2.42.